The van der Waals surface area contributed by atoms with Crippen molar-refractivity contribution in [3.63, 3.8) is 0 Å². The van der Waals surface area contributed by atoms with Gasteiger partial charge in [0.15, 0.2) is 0 Å². The molecule has 9 heteroatoms. The van der Waals surface area contributed by atoms with Crippen molar-refractivity contribution in [2.45, 2.75) is 26.8 Å². The van der Waals surface area contributed by atoms with Gasteiger partial charge >= 0.3 is 12.3 Å². The average molecular weight is 514 g/mol. The van der Waals surface area contributed by atoms with Gasteiger partial charge in [0, 0.05) is 11.1 Å². The summed E-state index contributed by atoms with van der Waals surface area (Å²) in [5, 5.41) is 4.04. The number of hydrogen-bond donors (Lipinski definition) is 0. The molecule has 0 fully saturated rings. The zero-order valence-corrected chi connectivity index (χ0v) is 20.8. The molecule has 194 valence electrons. The maximum atomic E-state index is 13.2. The number of nitrogens with zero attached hydrogens (tertiary/aromatic N) is 1. The van der Waals surface area contributed by atoms with Crippen molar-refractivity contribution in [2.75, 3.05) is 14.2 Å². The predicted molar refractivity (Wildman–Crippen MR) is 134 cm³/mol. The third-order valence-electron chi connectivity index (χ3n) is 5.46. The number of methoxy groups -OCH3 is 2. The van der Waals surface area contributed by atoms with Gasteiger partial charge in [0.05, 0.1) is 26.2 Å². The van der Waals surface area contributed by atoms with Crippen molar-refractivity contribution < 1.29 is 37.0 Å². The Balaban J connectivity index is 1.92. The number of aryl methyl sites for hydroxylation is 1. The number of esters is 1. The van der Waals surface area contributed by atoms with E-state index in [1.165, 1.54) is 39.5 Å². The fraction of sp³-hybridized carbons (Fsp3) is 0.214. The first-order valence-electron chi connectivity index (χ1n) is 11.2. The Morgan fingerprint density at radius 3 is 2.32 bits per heavy atom. The zero-order valence-electron chi connectivity index (χ0n) is 20.8. The second-order valence-electron chi connectivity index (χ2n) is 7.93. The standard InChI is InChI=1S/C28H26F3NO5/c1-18-9-8-12-23(25(16-34-3)27(33)35-4)24(18)17-36-32-19(2)22-14-13-21(20-10-6-5-7-11-20)15-26(22)37-28(29,30)31/h5-16H,17H2,1-4H3/b25-16+,32-19+. The normalized spacial score (nSPS) is 12.2. The van der Waals surface area contributed by atoms with Crippen LogP contribution in [-0.2, 0) is 25.7 Å². The Morgan fingerprint density at radius 1 is 0.946 bits per heavy atom. The Bertz CT molecular complexity index is 1300. The summed E-state index contributed by atoms with van der Waals surface area (Å²) in [6.07, 6.45) is -3.62. The van der Waals surface area contributed by atoms with Crippen molar-refractivity contribution in [2.24, 2.45) is 5.16 Å². The lowest BCUT2D eigenvalue weighted by Crippen LogP contribution is -2.19. The molecule has 0 aliphatic carbocycles. The molecule has 0 saturated carbocycles. The second kappa shape index (κ2) is 12.1. The zero-order chi connectivity index (χ0) is 27.0. The van der Waals surface area contributed by atoms with Gasteiger partial charge in [-0.15, -0.1) is 13.2 Å². The highest BCUT2D eigenvalue weighted by Crippen LogP contribution is 2.32. The Hall–Kier alpha value is -4.27. The van der Waals surface area contributed by atoms with E-state index in [2.05, 4.69) is 9.89 Å². The molecular weight excluding hydrogens is 487 g/mol. The highest BCUT2D eigenvalue weighted by atomic mass is 19.4. The molecular formula is C28H26F3NO5. The van der Waals surface area contributed by atoms with Gasteiger partial charge in [-0.2, -0.15) is 0 Å². The van der Waals surface area contributed by atoms with Gasteiger partial charge < -0.3 is 19.0 Å². The highest BCUT2D eigenvalue weighted by molar-refractivity contribution is 6.16. The van der Waals surface area contributed by atoms with Gasteiger partial charge in [0.1, 0.15) is 17.9 Å². The van der Waals surface area contributed by atoms with Crippen LogP contribution in [0.15, 0.2) is 78.1 Å². The van der Waals surface area contributed by atoms with Gasteiger partial charge in [-0.3, -0.25) is 0 Å². The van der Waals surface area contributed by atoms with E-state index in [9.17, 15) is 18.0 Å². The summed E-state index contributed by atoms with van der Waals surface area (Å²) in [6, 6.07) is 18.8. The van der Waals surface area contributed by atoms with Crippen LogP contribution in [-0.4, -0.2) is 32.3 Å². The quantitative estimate of drug-likeness (QED) is 0.105. The number of benzene rings is 3. The first-order chi connectivity index (χ1) is 17.6. The first-order valence-corrected chi connectivity index (χ1v) is 11.2. The number of carbonyl (C=O) groups is 1. The fourth-order valence-electron chi connectivity index (χ4n) is 3.68. The van der Waals surface area contributed by atoms with E-state index in [1.807, 2.05) is 19.1 Å². The number of alkyl halides is 3. The van der Waals surface area contributed by atoms with Gasteiger partial charge in [0.2, 0.25) is 0 Å². The highest BCUT2D eigenvalue weighted by Gasteiger charge is 2.32. The lowest BCUT2D eigenvalue weighted by molar-refractivity contribution is -0.274. The molecule has 0 aliphatic rings. The molecule has 0 aromatic heterocycles. The number of oxime groups is 1. The molecule has 0 saturated heterocycles. The third kappa shape index (κ3) is 7.13. The largest absolute Gasteiger partial charge is 0.573 e. The van der Waals surface area contributed by atoms with Crippen molar-refractivity contribution in [3.05, 3.63) is 95.2 Å². The molecule has 6 nitrogen and oxygen atoms in total. The average Bonchev–Trinajstić information content (AvgIpc) is 2.87. The van der Waals surface area contributed by atoms with E-state index in [0.717, 1.165) is 11.1 Å². The third-order valence-corrected chi connectivity index (χ3v) is 5.46. The molecule has 3 rings (SSSR count). The Kier molecular flexibility index (Phi) is 8.95. The van der Waals surface area contributed by atoms with E-state index in [1.54, 1.807) is 42.5 Å². The molecule has 3 aromatic carbocycles. The van der Waals surface area contributed by atoms with Crippen molar-refractivity contribution in [3.8, 4) is 16.9 Å². The maximum Gasteiger partial charge on any atom is 0.573 e. The molecule has 0 aliphatic heterocycles. The molecule has 0 spiro atoms. The molecule has 0 amide bonds. The van der Waals surface area contributed by atoms with Crippen LogP contribution >= 0.6 is 0 Å². The minimum Gasteiger partial charge on any atom is -0.503 e. The summed E-state index contributed by atoms with van der Waals surface area (Å²) >= 11 is 0. The van der Waals surface area contributed by atoms with Crippen molar-refractivity contribution >= 4 is 17.3 Å². The number of hydrogen-bond acceptors (Lipinski definition) is 6. The van der Waals surface area contributed by atoms with Crippen LogP contribution < -0.4 is 4.74 Å². The number of carbonyl (C=O) groups excluding carboxylic acids is 1. The van der Waals surface area contributed by atoms with Crippen molar-refractivity contribution in [1.82, 2.24) is 0 Å². The smallest absolute Gasteiger partial charge is 0.503 e. The van der Waals surface area contributed by atoms with Crippen LogP contribution in [0.25, 0.3) is 16.7 Å². The summed E-state index contributed by atoms with van der Waals surface area (Å²) in [6.45, 7) is 3.29. The first kappa shape index (κ1) is 27.3. The molecule has 0 heterocycles. The van der Waals surface area contributed by atoms with Gasteiger partial charge in [-0.1, -0.05) is 59.8 Å². The van der Waals surface area contributed by atoms with E-state index >= 15 is 0 Å². The van der Waals surface area contributed by atoms with Crippen LogP contribution in [0.1, 0.15) is 29.2 Å². The molecule has 0 radical (unpaired) electrons. The Morgan fingerprint density at radius 2 is 1.68 bits per heavy atom. The van der Waals surface area contributed by atoms with Gasteiger partial charge in [-0.05, 0) is 48.2 Å². The second-order valence-corrected chi connectivity index (χ2v) is 7.93. The summed E-state index contributed by atoms with van der Waals surface area (Å²) in [5.74, 6) is -0.993. The van der Waals surface area contributed by atoms with Crippen LogP contribution in [0.5, 0.6) is 5.75 Å². The SMILES string of the molecule is CO/C=C(/C(=O)OC)c1cccc(C)c1CO/N=C(\C)c1ccc(-c2ccccc2)cc1OC(F)(F)F. The number of rotatable bonds is 9. The van der Waals surface area contributed by atoms with E-state index in [-0.39, 0.29) is 23.5 Å². The number of ether oxygens (including phenoxy) is 3. The van der Waals surface area contributed by atoms with Crippen LogP contribution in [0.2, 0.25) is 0 Å². The van der Waals surface area contributed by atoms with Crippen LogP contribution in [0, 0.1) is 6.92 Å². The lowest BCUT2D eigenvalue weighted by Gasteiger charge is -2.15. The summed E-state index contributed by atoms with van der Waals surface area (Å²) in [7, 11) is 2.67. The maximum absolute atomic E-state index is 13.2. The monoisotopic (exact) mass is 513 g/mol. The summed E-state index contributed by atoms with van der Waals surface area (Å²) in [4.78, 5) is 17.8. The van der Waals surface area contributed by atoms with Crippen LogP contribution in [0.4, 0.5) is 13.2 Å². The molecule has 0 unspecified atom stereocenters. The minimum atomic E-state index is -4.89. The lowest BCUT2D eigenvalue weighted by atomic mass is 9.97. The van der Waals surface area contributed by atoms with Crippen LogP contribution in [0.3, 0.4) is 0 Å². The molecule has 0 bridgehead atoms. The fourth-order valence-corrected chi connectivity index (χ4v) is 3.68. The molecule has 37 heavy (non-hydrogen) atoms. The summed E-state index contributed by atoms with van der Waals surface area (Å²) < 4.78 is 53.7. The van der Waals surface area contributed by atoms with Crippen molar-refractivity contribution in [1.29, 1.82) is 0 Å². The molecule has 3 aromatic rings. The predicted octanol–water partition coefficient (Wildman–Crippen LogP) is 6.66. The Labute approximate surface area is 212 Å². The summed E-state index contributed by atoms with van der Waals surface area (Å²) in [5.41, 5.74) is 3.75. The topological polar surface area (TPSA) is 66.4 Å². The minimum absolute atomic E-state index is 0.0606. The van der Waals surface area contributed by atoms with E-state index in [4.69, 9.17) is 14.3 Å². The van der Waals surface area contributed by atoms with Gasteiger partial charge in [0.25, 0.3) is 0 Å². The van der Waals surface area contributed by atoms with E-state index in [0.29, 0.717) is 16.7 Å². The molecule has 0 N–H and O–H groups in total. The molecule has 0 atom stereocenters. The number of halogens is 3. The van der Waals surface area contributed by atoms with E-state index < -0.39 is 18.1 Å². The van der Waals surface area contributed by atoms with Gasteiger partial charge in [-0.25, -0.2) is 4.79 Å².